The number of carbonyl (C=O) groups is 1. The fourth-order valence-electron chi connectivity index (χ4n) is 4.73. The van der Waals surface area contributed by atoms with Crippen molar-refractivity contribution in [3.05, 3.63) is 60.7 Å². The van der Waals surface area contributed by atoms with Gasteiger partial charge in [-0.3, -0.25) is 10.00 Å². The van der Waals surface area contributed by atoms with Crippen molar-refractivity contribution < 1.29 is 14.3 Å². The fraction of sp³-hybridized carbons (Fsp3) is 0.400. The van der Waals surface area contributed by atoms with Crippen LogP contribution in [0.1, 0.15) is 58.1 Å². The number of fused-ring (bicyclic) bond motifs is 1. The van der Waals surface area contributed by atoms with Gasteiger partial charge >= 0.3 is 6.09 Å². The van der Waals surface area contributed by atoms with E-state index in [-0.39, 0.29) is 12.0 Å². The summed E-state index contributed by atoms with van der Waals surface area (Å²) in [6, 6.07) is 16.4. The molecule has 0 saturated heterocycles. The minimum Gasteiger partial charge on any atom is -0.494 e. The number of benzene rings is 2. The number of hydrogen-bond donors (Lipinski definition) is 1. The third-order valence-electron chi connectivity index (χ3n) is 7.43. The van der Waals surface area contributed by atoms with Gasteiger partial charge in [0.1, 0.15) is 30.6 Å². The molecular formula is C30H34N6O3. The van der Waals surface area contributed by atoms with Crippen molar-refractivity contribution in [3.63, 3.8) is 0 Å². The molecule has 2 aromatic carbocycles. The number of carbonyl (C=O) groups excluding carboxylic acids is 1. The van der Waals surface area contributed by atoms with Crippen molar-refractivity contribution in [2.45, 2.75) is 65.1 Å². The van der Waals surface area contributed by atoms with Crippen LogP contribution < -0.4 is 10.1 Å². The van der Waals surface area contributed by atoms with Crippen LogP contribution in [0.2, 0.25) is 0 Å². The van der Waals surface area contributed by atoms with Crippen LogP contribution in [-0.2, 0) is 11.3 Å². The van der Waals surface area contributed by atoms with Gasteiger partial charge in [0.15, 0.2) is 0 Å². The number of nitrogens with zero attached hydrogens (tertiary/aromatic N) is 5. The Labute approximate surface area is 228 Å². The molecule has 202 valence electrons. The summed E-state index contributed by atoms with van der Waals surface area (Å²) in [6.07, 6.45) is 6.71. The van der Waals surface area contributed by atoms with Crippen molar-refractivity contribution in [3.8, 4) is 23.1 Å². The number of ether oxygens (including phenoxy) is 2. The SMILES string of the molecule is CC(C)[C@@H](C)OC(=O)Nc1ccc(-c2c(C#N)c3cc(OCCCn4cncn4)ccc3n2C2CCC2)cc1. The maximum Gasteiger partial charge on any atom is 0.411 e. The fourth-order valence-corrected chi connectivity index (χ4v) is 4.73. The Balaban J connectivity index is 1.39. The number of amides is 1. The second-order valence-electron chi connectivity index (χ2n) is 10.4. The monoisotopic (exact) mass is 526 g/mol. The van der Waals surface area contributed by atoms with E-state index in [4.69, 9.17) is 9.47 Å². The maximum absolute atomic E-state index is 12.3. The lowest BCUT2D eigenvalue weighted by Gasteiger charge is -2.30. The lowest BCUT2D eigenvalue weighted by molar-refractivity contribution is 0.0940. The maximum atomic E-state index is 12.3. The van der Waals surface area contributed by atoms with Crippen LogP contribution in [0.3, 0.4) is 0 Å². The summed E-state index contributed by atoms with van der Waals surface area (Å²) in [5.41, 5.74) is 4.15. The predicted molar refractivity (Wildman–Crippen MR) is 150 cm³/mol. The molecule has 1 N–H and O–H groups in total. The van der Waals surface area contributed by atoms with Gasteiger partial charge in [-0.15, -0.1) is 0 Å². The summed E-state index contributed by atoms with van der Waals surface area (Å²) in [5, 5.41) is 18.1. The Morgan fingerprint density at radius 2 is 1.97 bits per heavy atom. The molecule has 1 atom stereocenters. The van der Waals surface area contributed by atoms with Crippen molar-refractivity contribution in [1.29, 1.82) is 5.26 Å². The molecule has 1 fully saturated rings. The van der Waals surface area contributed by atoms with Crippen LogP contribution in [0.4, 0.5) is 10.5 Å². The molecule has 0 unspecified atom stereocenters. The van der Waals surface area contributed by atoms with Gasteiger partial charge in [0.25, 0.3) is 0 Å². The highest BCUT2D eigenvalue weighted by Crippen LogP contribution is 2.43. The van der Waals surface area contributed by atoms with Crippen LogP contribution in [0.5, 0.6) is 5.75 Å². The van der Waals surface area contributed by atoms with Crippen LogP contribution in [-0.4, -0.2) is 38.1 Å². The molecule has 1 aliphatic carbocycles. The van der Waals surface area contributed by atoms with Gasteiger partial charge in [-0.1, -0.05) is 26.0 Å². The Morgan fingerprint density at radius 3 is 2.62 bits per heavy atom. The van der Waals surface area contributed by atoms with Gasteiger partial charge in [0.05, 0.1) is 23.4 Å². The molecule has 39 heavy (non-hydrogen) atoms. The van der Waals surface area contributed by atoms with E-state index in [2.05, 4.69) is 32.1 Å². The average molecular weight is 527 g/mol. The Morgan fingerprint density at radius 1 is 1.18 bits per heavy atom. The predicted octanol–water partition coefficient (Wildman–Crippen LogP) is 6.56. The van der Waals surface area contributed by atoms with Crippen LogP contribution >= 0.6 is 0 Å². The first-order valence-corrected chi connectivity index (χ1v) is 13.6. The van der Waals surface area contributed by atoms with Crippen LogP contribution in [0.25, 0.3) is 22.2 Å². The zero-order valence-electron chi connectivity index (χ0n) is 22.6. The van der Waals surface area contributed by atoms with Crippen molar-refractivity contribution in [2.75, 3.05) is 11.9 Å². The molecule has 2 aromatic heterocycles. The summed E-state index contributed by atoms with van der Waals surface area (Å²) < 4.78 is 15.6. The molecule has 2 heterocycles. The summed E-state index contributed by atoms with van der Waals surface area (Å²) in [7, 11) is 0. The topological polar surface area (TPSA) is 107 Å². The highest BCUT2D eigenvalue weighted by atomic mass is 16.6. The summed E-state index contributed by atoms with van der Waals surface area (Å²) in [4.78, 5) is 16.2. The molecule has 1 aliphatic rings. The molecule has 0 bridgehead atoms. The second-order valence-corrected chi connectivity index (χ2v) is 10.4. The number of nitriles is 1. The number of nitrogens with one attached hydrogen (secondary N) is 1. The van der Waals surface area contributed by atoms with Gasteiger partial charge in [0, 0.05) is 30.1 Å². The standard InChI is InChI=1S/C30H34N6O3/c1-20(2)21(3)39-30(37)34-23-10-8-22(9-11-23)29-27(17-31)26-16-25(38-15-5-14-35-19-32-18-33-35)12-13-28(26)36(29)24-6-4-7-24/h8-13,16,18-21,24H,4-7,14-15H2,1-3H3,(H,34,37)/t21-/m1/s1. The first kappa shape index (κ1) is 26.3. The first-order valence-electron chi connectivity index (χ1n) is 13.6. The third-order valence-corrected chi connectivity index (χ3v) is 7.43. The zero-order chi connectivity index (χ0) is 27.4. The molecule has 0 aliphatic heterocycles. The van der Waals surface area contributed by atoms with Crippen LogP contribution in [0, 0.1) is 17.2 Å². The van der Waals surface area contributed by atoms with Gasteiger partial charge in [-0.25, -0.2) is 9.78 Å². The van der Waals surface area contributed by atoms with Crippen molar-refractivity contribution in [2.24, 2.45) is 5.92 Å². The van der Waals surface area contributed by atoms with Gasteiger partial charge in [0.2, 0.25) is 0 Å². The lowest BCUT2D eigenvalue weighted by atomic mass is 9.92. The minimum absolute atomic E-state index is 0.178. The highest BCUT2D eigenvalue weighted by molar-refractivity contribution is 5.96. The molecule has 5 rings (SSSR count). The molecule has 1 amide bonds. The molecular weight excluding hydrogens is 492 g/mol. The van der Waals surface area contributed by atoms with Gasteiger partial charge < -0.3 is 14.0 Å². The van der Waals surface area contributed by atoms with Gasteiger partial charge in [-0.2, -0.15) is 10.4 Å². The normalized spacial score (nSPS) is 14.1. The van der Waals surface area contributed by atoms with E-state index in [1.807, 2.05) is 57.2 Å². The summed E-state index contributed by atoms with van der Waals surface area (Å²) in [5.74, 6) is 0.977. The van der Waals surface area contributed by atoms with E-state index in [0.29, 0.717) is 23.9 Å². The molecule has 1 saturated carbocycles. The number of aromatic nitrogens is 4. The molecule has 4 aromatic rings. The average Bonchev–Trinajstić information content (AvgIpc) is 3.52. The number of rotatable bonds is 10. The third kappa shape index (κ3) is 5.75. The lowest BCUT2D eigenvalue weighted by Crippen LogP contribution is -2.23. The Bertz CT molecular complexity index is 1460. The largest absolute Gasteiger partial charge is 0.494 e. The smallest absolute Gasteiger partial charge is 0.411 e. The van der Waals surface area contributed by atoms with E-state index >= 15 is 0 Å². The number of anilines is 1. The Kier molecular flexibility index (Phi) is 7.82. The highest BCUT2D eigenvalue weighted by Gasteiger charge is 2.28. The second kappa shape index (κ2) is 11.6. The molecule has 9 heteroatoms. The van der Waals surface area contributed by atoms with Crippen LogP contribution in [0.15, 0.2) is 55.1 Å². The van der Waals surface area contributed by atoms with Crippen molar-refractivity contribution in [1.82, 2.24) is 19.3 Å². The summed E-state index contributed by atoms with van der Waals surface area (Å²) >= 11 is 0. The summed E-state index contributed by atoms with van der Waals surface area (Å²) in [6.45, 7) is 7.17. The molecule has 0 radical (unpaired) electrons. The number of hydrogen-bond acceptors (Lipinski definition) is 6. The number of aryl methyl sites for hydroxylation is 1. The van der Waals surface area contributed by atoms with E-state index in [1.165, 1.54) is 12.7 Å². The van der Waals surface area contributed by atoms with Gasteiger partial charge in [-0.05, 0) is 68.0 Å². The minimum atomic E-state index is -0.473. The van der Waals surface area contributed by atoms with Crippen molar-refractivity contribution >= 4 is 22.7 Å². The quantitative estimate of drug-likeness (QED) is 0.235. The zero-order valence-corrected chi connectivity index (χ0v) is 22.6. The Hall–Kier alpha value is -4.32. The molecule has 9 nitrogen and oxygen atoms in total. The van der Waals surface area contributed by atoms with E-state index in [1.54, 1.807) is 11.0 Å². The van der Waals surface area contributed by atoms with E-state index in [0.717, 1.165) is 53.7 Å². The van der Waals surface area contributed by atoms with E-state index in [9.17, 15) is 10.1 Å². The first-order chi connectivity index (χ1) is 18.9. The molecule has 0 spiro atoms. The van der Waals surface area contributed by atoms with E-state index < -0.39 is 6.09 Å².